The van der Waals surface area contributed by atoms with Gasteiger partial charge in [0.25, 0.3) is 0 Å². The lowest BCUT2D eigenvalue weighted by molar-refractivity contribution is 0.751. The highest BCUT2D eigenvalue weighted by atomic mass is 15.3. The number of hydrogen-bond acceptors (Lipinski definition) is 3. The van der Waals surface area contributed by atoms with Gasteiger partial charge in [-0.05, 0) is 0 Å². The SMILES string of the molecule is C=CCNc1nccn1-c1ccn(C)n1. The molecule has 0 saturated carbocycles. The van der Waals surface area contributed by atoms with Crippen LogP contribution in [-0.2, 0) is 7.05 Å². The fourth-order valence-electron chi connectivity index (χ4n) is 1.31. The summed E-state index contributed by atoms with van der Waals surface area (Å²) in [5, 5.41) is 7.43. The van der Waals surface area contributed by atoms with Crippen LogP contribution in [0.3, 0.4) is 0 Å². The van der Waals surface area contributed by atoms with Gasteiger partial charge in [-0.1, -0.05) is 6.08 Å². The summed E-state index contributed by atoms with van der Waals surface area (Å²) in [6.45, 7) is 4.33. The van der Waals surface area contributed by atoms with Crippen molar-refractivity contribution in [1.82, 2.24) is 19.3 Å². The largest absolute Gasteiger partial charge is 0.352 e. The lowest BCUT2D eigenvalue weighted by Crippen LogP contribution is -2.06. The third-order valence-corrected chi connectivity index (χ3v) is 1.99. The van der Waals surface area contributed by atoms with Gasteiger partial charge in [0.1, 0.15) is 0 Å². The summed E-state index contributed by atoms with van der Waals surface area (Å²) in [5.74, 6) is 1.62. The van der Waals surface area contributed by atoms with Crippen LogP contribution < -0.4 is 5.32 Å². The summed E-state index contributed by atoms with van der Waals surface area (Å²) in [6, 6.07) is 1.93. The first kappa shape index (κ1) is 9.51. The highest BCUT2D eigenvalue weighted by molar-refractivity contribution is 5.36. The Morgan fingerprint density at radius 1 is 1.53 bits per heavy atom. The summed E-state index contributed by atoms with van der Waals surface area (Å²) < 4.78 is 3.65. The van der Waals surface area contributed by atoms with Gasteiger partial charge in [0, 0.05) is 38.2 Å². The predicted molar refractivity (Wildman–Crippen MR) is 59.0 cm³/mol. The molecular formula is C10H13N5. The Bertz CT molecular complexity index is 454. The third kappa shape index (κ3) is 1.90. The number of rotatable bonds is 4. The molecule has 2 aromatic heterocycles. The first-order chi connectivity index (χ1) is 7.31. The van der Waals surface area contributed by atoms with Gasteiger partial charge in [-0.2, -0.15) is 5.10 Å². The van der Waals surface area contributed by atoms with Crippen LogP contribution in [0.2, 0.25) is 0 Å². The van der Waals surface area contributed by atoms with Crippen LogP contribution in [0.1, 0.15) is 0 Å². The predicted octanol–water partition coefficient (Wildman–Crippen LogP) is 1.20. The Morgan fingerprint density at radius 3 is 3.07 bits per heavy atom. The van der Waals surface area contributed by atoms with Crippen molar-refractivity contribution in [3.8, 4) is 5.82 Å². The molecule has 0 aromatic carbocycles. The van der Waals surface area contributed by atoms with Crippen molar-refractivity contribution in [2.75, 3.05) is 11.9 Å². The molecule has 5 nitrogen and oxygen atoms in total. The van der Waals surface area contributed by atoms with Crippen molar-refractivity contribution in [2.45, 2.75) is 0 Å². The van der Waals surface area contributed by atoms with Gasteiger partial charge in [0.05, 0.1) is 0 Å². The number of nitrogens with zero attached hydrogens (tertiary/aromatic N) is 4. The molecule has 0 atom stereocenters. The van der Waals surface area contributed by atoms with Crippen molar-refractivity contribution in [2.24, 2.45) is 7.05 Å². The summed E-state index contributed by atoms with van der Waals surface area (Å²) in [7, 11) is 1.89. The van der Waals surface area contributed by atoms with Crippen LogP contribution in [0.25, 0.3) is 5.82 Å². The molecule has 2 rings (SSSR count). The molecule has 0 aliphatic rings. The second-order valence-electron chi connectivity index (χ2n) is 3.14. The monoisotopic (exact) mass is 203 g/mol. The average molecular weight is 203 g/mol. The van der Waals surface area contributed by atoms with Crippen LogP contribution in [-0.4, -0.2) is 25.9 Å². The Hall–Kier alpha value is -2.04. The van der Waals surface area contributed by atoms with E-state index in [9.17, 15) is 0 Å². The van der Waals surface area contributed by atoms with Gasteiger partial charge in [0.2, 0.25) is 5.95 Å². The first-order valence-corrected chi connectivity index (χ1v) is 4.69. The van der Waals surface area contributed by atoms with E-state index in [1.54, 1.807) is 17.0 Å². The normalized spacial score (nSPS) is 10.2. The number of aryl methyl sites for hydroxylation is 1. The number of nitrogens with one attached hydrogen (secondary N) is 1. The molecule has 0 saturated heterocycles. The first-order valence-electron chi connectivity index (χ1n) is 4.69. The van der Waals surface area contributed by atoms with Crippen molar-refractivity contribution >= 4 is 5.95 Å². The van der Waals surface area contributed by atoms with Crippen LogP contribution in [0, 0.1) is 0 Å². The minimum atomic E-state index is 0.684. The molecule has 0 aliphatic carbocycles. The second kappa shape index (κ2) is 4.00. The molecule has 1 N–H and O–H groups in total. The van der Waals surface area contributed by atoms with Crippen LogP contribution in [0.15, 0.2) is 37.3 Å². The second-order valence-corrected chi connectivity index (χ2v) is 3.14. The summed E-state index contributed by atoms with van der Waals surface area (Å²) >= 11 is 0. The van der Waals surface area contributed by atoms with Gasteiger partial charge in [-0.25, -0.2) is 4.98 Å². The molecule has 0 aliphatic heterocycles. The quantitative estimate of drug-likeness (QED) is 0.760. The fourth-order valence-corrected chi connectivity index (χ4v) is 1.31. The summed E-state index contributed by atoms with van der Waals surface area (Å²) in [5.41, 5.74) is 0. The molecule has 0 spiro atoms. The van der Waals surface area contributed by atoms with Crippen molar-refractivity contribution in [3.63, 3.8) is 0 Å². The third-order valence-electron chi connectivity index (χ3n) is 1.99. The van der Waals surface area contributed by atoms with E-state index in [-0.39, 0.29) is 0 Å². The summed E-state index contributed by atoms with van der Waals surface area (Å²) in [6.07, 6.45) is 7.29. The van der Waals surface area contributed by atoms with E-state index in [4.69, 9.17) is 0 Å². The molecule has 0 amide bonds. The van der Waals surface area contributed by atoms with Crippen LogP contribution in [0.5, 0.6) is 0 Å². The Morgan fingerprint density at radius 2 is 2.40 bits per heavy atom. The maximum absolute atomic E-state index is 4.30. The van der Waals surface area contributed by atoms with Crippen molar-refractivity contribution in [1.29, 1.82) is 0 Å². The zero-order valence-electron chi connectivity index (χ0n) is 8.59. The molecule has 2 aromatic rings. The van der Waals surface area contributed by atoms with E-state index in [0.717, 1.165) is 11.8 Å². The Labute approximate surface area is 88.1 Å². The van der Waals surface area contributed by atoms with E-state index in [0.29, 0.717) is 6.54 Å². The van der Waals surface area contributed by atoms with E-state index in [1.165, 1.54) is 0 Å². The smallest absolute Gasteiger partial charge is 0.208 e. The molecule has 2 heterocycles. The van der Waals surface area contributed by atoms with Gasteiger partial charge in [0.15, 0.2) is 5.82 Å². The molecule has 0 radical (unpaired) electrons. The minimum absolute atomic E-state index is 0.684. The summed E-state index contributed by atoms with van der Waals surface area (Å²) in [4.78, 5) is 4.19. The van der Waals surface area contributed by atoms with Gasteiger partial charge in [-0.15, -0.1) is 6.58 Å². The zero-order chi connectivity index (χ0) is 10.7. The molecule has 0 unspecified atom stereocenters. The molecular weight excluding hydrogens is 190 g/mol. The molecule has 0 fully saturated rings. The highest BCUT2D eigenvalue weighted by Crippen LogP contribution is 2.11. The van der Waals surface area contributed by atoms with Gasteiger partial charge in [-0.3, -0.25) is 9.25 Å². The maximum atomic E-state index is 4.30. The van der Waals surface area contributed by atoms with Crippen LogP contribution in [0.4, 0.5) is 5.95 Å². The Balaban J connectivity index is 2.28. The van der Waals surface area contributed by atoms with E-state index in [2.05, 4.69) is 22.0 Å². The molecule has 0 bridgehead atoms. The van der Waals surface area contributed by atoms with E-state index < -0.39 is 0 Å². The van der Waals surface area contributed by atoms with E-state index in [1.807, 2.05) is 30.1 Å². The molecule has 78 valence electrons. The molecule has 15 heavy (non-hydrogen) atoms. The minimum Gasteiger partial charge on any atom is -0.352 e. The number of hydrogen-bond donors (Lipinski definition) is 1. The maximum Gasteiger partial charge on any atom is 0.208 e. The lowest BCUT2D eigenvalue weighted by Gasteiger charge is -2.04. The Kier molecular flexibility index (Phi) is 2.53. The zero-order valence-corrected chi connectivity index (χ0v) is 8.59. The number of imidazole rings is 1. The highest BCUT2D eigenvalue weighted by Gasteiger charge is 2.05. The van der Waals surface area contributed by atoms with E-state index >= 15 is 0 Å². The number of aromatic nitrogens is 4. The number of anilines is 1. The topological polar surface area (TPSA) is 47.7 Å². The standard InChI is InChI=1S/C10H13N5/c1-3-5-11-10-12-6-8-15(10)9-4-7-14(2)13-9/h3-4,6-8H,1,5H2,2H3,(H,11,12). The van der Waals surface area contributed by atoms with Crippen molar-refractivity contribution in [3.05, 3.63) is 37.3 Å². The fraction of sp³-hybridized carbons (Fsp3) is 0.200. The molecule has 5 heteroatoms. The van der Waals surface area contributed by atoms with Gasteiger partial charge < -0.3 is 5.32 Å². The van der Waals surface area contributed by atoms with Gasteiger partial charge >= 0.3 is 0 Å². The lowest BCUT2D eigenvalue weighted by atomic mass is 10.6. The average Bonchev–Trinajstić information content (AvgIpc) is 2.82. The van der Waals surface area contributed by atoms with Crippen LogP contribution >= 0.6 is 0 Å². The van der Waals surface area contributed by atoms with Crippen molar-refractivity contribution < 1.29 is 0 Å².